The number of ketones is 1. The number of hydrogen-bond donors (Lipinski definition) is 1. The molecule has 180 valence electrons. The molecule has 1 aliphatic rings. The first-order valence-corrected chi connectivity index (χ1v) is 11.3. The number of hydrogen-bond acceptors (Lipinski definition) is 8. The van der Waals surface area contributed by atoms with Crippen molar-refractivity contribution in [2.75, 3.05) is 13.1 Å². The second-order valence-corrected chi connectivity index (χ2v) is 8.44. The molecule has 12 heteroatoms. The summed E-state index contributed by atoms with van der Waals surface area (Å²) in [5.74, 6) is -0.987. The number of Topliss-reactive ketones (excluding diaryl/α,β-unsaturated/α-hetero) is 1. The highest BCUT2D eigenvalue weighted by atomic mass is 19.1. The second-order valence-electron chi connectivity index (χ2n) is 8.44. The van der Waals surface area contributed by atoms with Crippen molar-refractivity contribution in [3.05, 3.63) is 72.4 Å². The summed E-state index contributed by atoms with van der Waals surface area (Å²) in [7, 11) is 0. The summed E-state index contributed by atoms with van der Waals surface area (Å²) in [6.45, 7) is 0.684. The lowest BCUT2D eigenvalue weighted by molar-refractivity contribution is -0.127. The molecule has 5 heterocycles. The average molecular weight is 486 g/mol. The van der Waals surface area contributed by atoms with Gasteiger partial charge in [-0.05, 0) is 25.0 Å². The SMILES string of the molecule is O=C(C(=O)N1CCC(c2nnc(-c3ccccc3)o2)CC1)c1c[nH]c2c(-n3ccnn3)ncc(F)c12. The van der Waals surface area contributed by atoms with Crippen molar-refractivity contribution in [3.8, 4) is 17.3 Å². The van der Waals surface area contributed by atoms with Crippen molar-refractivity contribution in [1.29, 1.82) is 0 Å². The van der Waals surface area contributed by atoms with Crippen LogP contribution < -0.4 is 0 Å². The molecule has 0 aliphatic carbocycles. The molecule has 0 saturated carbocycles. The molecule has 4 aromatic heterocycles. The normalized spacial score (nSPS) is 14.4. The van der Waals surface area contributed by atoms with E-state index < -0.39 is 17.5 Å². The molecule has 36 heavy (non-hydrogen) atoms. The van der Waals surface area contributed by atoms with Gasteiger partial charge >= 0.3 is 0 Å². The maximum atomic E-state index is 14.7. The summed E-state index contributed by atoms with van der Waals surface area (Å²) >= 11 is 0. The van der Waals surface area contributed by atoms with Gasteiger partial charge in [0.05, 0.1) is 35.1 Å². The van der Waals surface area contributed by atoms with E-state index in [0.29, 0.717) is 37.7 Å². The van der Waals surface area contributed by atoms with Crippen LogP contribution in [0, 0.1) is 5.82 Å². The van der Waals surface area contributed by atoms with Gasteiger partial charge in [-0.3, -0.25) is 9.59 Å². The van der Waals surface area contributed by atoms with Crippen molar-refractivity contribution < 1.29 is 18.4 Å². The molecule has 1 aliphatic heterocycles. The topological polar surface area (TPSA) is 136 Å². The number of halogens is 1. The largest absolute Gasteiger partial charge is 0.420 e. The molecule has 0 unspecified atom stereocenters. The molecule has 1 saturated heterocycles. The Morgan fingerprint density at radius 1 is 1.11 bits per heavy atom. The highest BCUT2D eigenvalue weighted by molar-refractivity contribution is 6.45. The minimum atomic E-state index is -0.793. The molecular weight excluding hydrogens is 467 g/mol. The molecule has 6 rings (SSSR count). The first-order chi connectivity index (χ1) is 17.6. The van der Waals surface area contributed by atoms with Crippen LogP contribution in [0.4, 0.5) is 4.39 Å². The minimum Gasteiger partial charge on any atom is -0.420 e. The fourth-order valence-corrected chi connectivity index (χ4v) is 4.45. The lowest BCUT2D eigenvalue weighted by atomic mass is 9.96. The first kappa shape index (κ1) is 21.8. The van der Waals surface area contributed by atoms with E-state index in [0.717, 1.165) is 11.8 Å². The van der Waals surface area contributed by atoms with Gasteiger partial charge in [0.1, 0.15) is 0 Å². The maximum Gasteiger partial charge on any atom is 0.295 e. The highest BCUT2D eigenvalue weighted by Crippen LogP contribution is 2.30. The Hall–Kier alpha value is -4.74. The van der Waals surface area contributed by atoms with Gasteiger partial charge in [0.15, 0.2) is 11.6 Å². The number of pyridine rings is 1. The summed E-state index contributed by atoms with van der Waals surface area (Å²) in [6.07, 6.45) is 6.45. The Balaban J connectivity index is 1.18. The van der Waals surface area contributed by atoms with E-state index in [1.165, 1.54) is 22.0 Å². The van der Waals surface area contributed by atoms with Crippen molar-refractivity contribution in [1.82, 2.24) is 40.1 Å². The number of amides is 1. The molecule has 1 N–H and O–H groups in total. The quantitative estimate of drug-likeness (QED) is 0.296. The molecular formula is C24H19FN8O3. The van der Waals surface area contributed by atoms with Gasteiger partial charge in [0.2, 0.25) is 11.8 Å². The molecule has 1 amide bonds. The van der Waals surface area contributed by atoms with Crippen LogP contribution >= 0.6 is 0 Å². The highest BCUT2D eigenvalue weighted by Gasteiger charge is 2.32. The predicted octanol–water partition coefficient (Wildman–Crippen LogP) is 2.92. The molecule has 1 fully saturated rings. The summed E-state index contributed by atoms with van der Waals surface area (Å²) in [5, 5.41) is 15.9. The van der Waals surface area contributed by atoms with Gasteiger partial charge in [0.25, 0.3) is 11.7 Å². The number of aromatic amines is 1. The Kier molecular flexibility index (Phi) is 5.32. The molecule has 0 radical (unpaired) electrons. The molecule has 0 bridgehead atoms. The van der Waals surface area contributed by atoms with Crippen LogP contribution in [-0.2, 0) is 4.79 Å². The smallest absolute Gasteiger partial charge is 0.295 e. The van der Waals surface area contributed by atoms with E-state index in [-0.39, 0.29) is 28.2 Å². The van der Waals surface area contributed by atoms with Crippen molar-refractivity contribution in [2.45, 2.75) is 18.8 Å². The monoisotopic (exact) mass is 486 g/mol. The third kappa shape index (κ3) is 3.72. The van der Waals surface area contributed by atoms with Crippen molar-refractivity contribution in [3.63, 3.8) is 0 Å². The van der Waals surface area contributed by atoms with Crippen LogP contribution in [0.25, 0.3) is 28.2 Å². The number of piperidine rings is 1. The fraction of sp³-hybridized carbons (Fsp3) is 0.208. The van der Waals surface area contributed by atoms with Gasteiger partial charge < -0.3 is 14.3 Å². The van der Waals surface area contributed by atoms with Gasteiger partial charge in [-0.25, -0.2) is 14.1 Å². The predicted molar refractivity (Wildman–Crippen MR) is 124 cm³/mol. The number of likely N-dealkylation sites (tertiary alicyclic amines) is 1. The molecule has 0 atom stereocenters. The number of rotatable bonds is 5. The van der Waals surface area contributed by atoms with Crippen molar-refractivity contribution >= 4 is 22.6 Å². The lowest BCUT2D eigenvalue weighted by Crippen LogP contribution is -2.41. The Bertz CT molecular complexity index is 1550. The standard InChI is InChI=1S/C24H19FN8O3/c25-17-13-27-21(33-11-8-28-31-33)19-18(17)16(12-26-19)20(34)24(35)32-9-6-15(7-10-32)23-30-29-22(36-23)14-4-2-1-3-5-14/h1-5,8,11-13,15,26H,6-7,9-10H2. The Morgan fingerprint density at radius 3 is 2.67 bits per heavy atom. The number of H-pyrrole nitrogens is 1. The molecule has 5 aromatic rings. The third-order valence-corrected chi connectivity index (χ3v) is 6.31. The number of benzene rings is 1. The fourth-order valence-electron chi connectivity index (χ4n) is 4.45. The molecule has 11 nitrogen and oxygen atoms in total. The van der Waals surface area contributed by atoms with E-state index in [1.54, 1.807) is 6.20 Å². The number of fused-ring (bicyclic) bond motifs is 1. The summed E-state index contributed by atoms with van der Waals surface area (Å²) < 4.78 is 21.9. The van der Waals surface area contributed by atoms with Crippen LogP contribution in [0.5, 0.6) is 0 Å². The summed E-state index contributed by atoms with van der Waals surface area (Å²) in [6, 6.07) is 9.48. The first-order valence-electron chi connectivity index (χ1n) is 11.3. The van der Waals surface area contributed by atoms with Crippen LogP contribution in [0.3, 0.4) is 0 Å². The molecule has 0 spiro atoms. The van der Waals surface area contributed by atoms with Gasteiger partial charge in [-0.2, -0.15) is 0 Å². The summed E-state index contributed by atoms with van der Waals surface area (Å²) in [4.78, 5) is 34.5. The zero-order chi connectivity index (χ0) is 24.6. The molecule has 1 aromatic carbocycles. The van der Waals surface area contributed by atoms with Crippen LogP contribution in [-0.4, -0.2) is 64.8 Å². The van der Waals surface area contributed by atoms with E-state index >= 15 is 0 Å². The van der Waals surface area contributed by atoms with E-state index in [4.69, 9.17) is 4.42 Å². The van der Waals surface area contributed by atoms with Crippen LogP contribution in [0.1, 0.15) is 35.0 Å². The number of nitrogens with zero attached hydrogens (tertiary/aromatic N) is 7. The third-order valence-electron chi connectivity index (χ3n) is 6.31. The lowest BCUT2D eigenvalue weighted by Gasteiger charge is -2.29. The van der Waals surface area contributed by atoms with Crippen LogP contribution in [0.2, 0.25) is 0 Å². The average Bonchev–Trinajstić information content (AvgIpc) is 3.70. The van der Waals surface area contributed by atoms with Crippen molar-refractivity contribution in [2.24, 2.45) is 0 Å². The maximum absolute atomic E-state index is 14.7. The zero-order valence-corrected chi connectivity index (χ0v) is 18.8. The Labute approximate surface area is 203 Å². The summed E-state index contributed by atoms with van der Waals surface area (Å²) in [5.41, 5.74) is 1.03. The minimum absolute atomic E-state index is 0.0111. The number of carbonyl (C=O) groups excluding carboxylic acids is 2. The van der Waals surface area contributed by atoms with Gasteiger partial charge in [-0.1, -0.05) is 23.4 Å². The zero-order valence-electron chi connectivity index (χ0n) is 18.8. The number of nitrogens with one attached hydrogen (secondary N) is 1. The van der Waals surface area contributed by atoms with E-state index in [2.05, 4.69) is 30.5 Å². The van der Waals surface area contributed by atoms with Gasteiger partial charge in [0, 0.05) is 30.8 Å². The second kappa shape index (κ2) is 8.80. The van der Waals surface area contributed by atoms with E-state index in [1.807, 2.05) is 30.3 Å². The number of aromatic nitrogens is 7. The van der Waals surface area contributed by atoms with Gasteiger partial charge in [-0.15, -0.1) is 15.3 Å². The van der Waals surface area contributed by atoms with E-state index in [9.17, 15) is 14.0 Å². The van der Waals surface area contributed by atoms with Crippen LogP contribution in [0.15, 0.2) is 59.5 Å². The number of carbonyl (C=O) groups is 2. The Morgan fingerprint density at radius 2 is 1.92 bits per heavy atom.